The van der Waals surface area contributed by atoms with Crippen molar-refractivity contribution < 1.29 is 0 Å². The van der Waals surface area contributed by atoms with Crippen molar-refractivity contribution in [2.75, 3.05) is 0 Å². The van der Waals surface area contributed by atoms with Crippen LogP contribution in [0, 0.1) is 11.3 Å². The maximum atomic E-state index is 9.86. The molecule has 0 bridgehead atoms. The summed E-state index contributed by atoms with van der Waals surface area (Å²) in [5.74, 6) is 0. The van der Waals surface area contributed by atoms with Crippen molar-refractivity contribution in [3.8, 4) is 6.07 Å². The second-order valence-corrected chi connectivity index (χ2v) is 6.01. The molecule has 0 atom stereocenters. The van der Waals surface area contributed by atoms with Crippen LogP contribution in [0.2, 0.25) is 0 Å². The van der Waals surface area contributed by atoms with Gasteiger partial charge in [0, 0.05) is 17.7 Å². The highest BCUT2D eigenvalue weighted by Crippen LogP contribution is 2.27. The number of rotatable bonds is 5. The third-order valence-corrected chi connectivity index (χ3v) is 4.14. The number of allylic oxidation sites excluding steroid dienone is 3. The van der Waals surface area contributed by atoms with Gasteiger partial charge in [-0.3, -0.25) is 0 Å². The van der Waals surface area contributed by atoms with Crippen LogP contribution in [0.3, 0.4) is 0 Å². The Kier molecular flexibility index (Phi) is 5.65. The molecule has 3 rings (SSSR count). The van der Waals surface area contributed by atoms with E-state index in [4.69, 9.17) is 5.73 Å². The largest absolute Gasteiger partial charge is 0.401 e. The monoisotopic (exact) mass is 336 g/mol. The Morgan fingerprint density at radius 1 is 0.808 bits per heavy atom. The molecule has 0 aliphatic rings. The summed E-state index contributed by atoms with van der Waals surface area (Å²) >= 11 is 0. The Balaban J connectivity index is 2.09. The van der Waals surface area contributed by atoms with E-state index in [0.717, 1.165) is 22.3 Å². The molecule has 0 spiro atoms. The molecular formula is C24H20N2. The highest BCUT2D eigenvalue weighted by atomic mass is 14.6. The molecule has 2 heteroatoms. The first-order chi connectivity index (χ1) is 12.8. The van der Waals surface area contributed by atoms with Gasteiger partial charge in [0.05, 0.1) is 5.57 Å². The maximum absolute atomic E-state index is 9.86. The maximum Gasteiger partial charge on any atom is 0.102 e. The van der Waals surface area contributed by atoms with E-state index >= 15 is 0 Å². The number of nitrogens with zero attached hydrogens (tertiary/aromatic N) is 1. The summed E-state index contributed by atoms with van der Waals surface area (Å²) in [7, 11) is 0. The standard InChI is InChI=1S/C24H20N2/c25-18-23(24(26)17-20-12-6-2-7-13-20)22(21-14-8-3-9-15-21)16-19-10-4-1-5-11-19/h1-16H,17,26H2/b22-16+,24-23+. The number of nitriles is 1. The van der Waals surface area contributed by atoms with Crippen molar-refractivity contribution in [3.05, 3.63) is 119 Å². The molecule has 0 heterocycles. The van der Waals surface area contributed by atoms with Crippen LogP contribution in [-0.2, 0) is 6.42 Å². The van der Waals surface area contributed by atoms with Crippen LogP contribution in [0.1, 0.15) is 16.7 Å². The fraction of sp³-hybridized carbons (Fsp3) is 0.0417. The predicted octanol–water partition coefficient (Wildman–Crippen LogP) is 5.21. The fourth-order valence-electron chi connectivity index (χ4n) is 2.84. The van der Waals surface area contributed by atoms with E-state index in [1.54, 1.807) is 0 Å². The van der Waals surface area contributed by atoms with Gasteiger partial charge >= 0.3 is 0 Å². The summed E-state index contributed by atoms with van der Waals surface area (Å²) in [6, 6.07) is 32.2. The molecule has 2 N–H and O–H groups in total. The summed E-state index contributed by atoms with van der Waals surface area (Å²) in [6.45, 7) is 0. The minimum absolute atomic E-state index is 0.518. The number of benzene rings is 3. The lowest BCUT2D eigenvalue weighted by Gasteiger charge is -2.11. The van der Waals surface area contributed by atoms with Crippen LogP contribution in [0.25, 0.3) is 11.6 Å². The average Bonchev–Trinajstić information content (AvgIpc) is 2.70. The Labute approximate surface area is 154 Å². The van der Waals surface area contributed by atoms with Crippen molar-refractivity contribution in [1.29, 1.82) is 5.26 Å². The normalized spacial score (nSPS) is 12.2. The molecule has 0 unspecified atom stereocenters. The summed E-state index contributed by atoms with van der Waals surface area (Å²) < 4.78 is 0. The smallest absolute Gasteiger partial charge is 0.102 e. The fourth-order valence-corrected chi connectivity index (χ4v) is 2.84. The van der Waals surface area contributed by atoms with E-state index in [-0.39, 0.29) is 0 Å². The van der Waals surface area contributed by atoms with Crippen molar-refractivity contribution >= 4 is 11.6 Å². The predicted molar refractivity (Wildman–Crippen MR) is 108 cm³/mol. The van der Waals surface area contributed by atoms with Crippen LogP contribution in [-0.4, -0.2) is 0 Å². The molecular weight excluding hydrogens is 316 g/mol. The lowest BCUT2D eigenvalue weighted by molar-refractivity contribution is 1.10. The Morgan fingerprint density at radius 2 is 1.35 bits per heavy atom. The zero-order valence-electron chi connectivity index (χ0n) is 14.5. The Morgan fingerprint density at radius 3 is 1.92 bits per heavy atom. The van der Waals surface area contributed by atoms with Crippen LogP contribution in [0.4, 0.5) is 0 Å². The van der Waals surface area contributed by atoms with Gasteiger partial charge in [-0.2, -0.15) is 5.26 Å². The molecule has 26 heavy (non-hydrogen) atoms. The number of nitrogens with two attached hydrogens (primary N) is 1. The van der Waals surface area contributed by atoms with Gasteiger partial charge in [0.1, 0.15) is 6.07 Å². The lowest BCUT2D eigenvalue weighted by Crippen LogP contribution is -2.07. The Hall–Kier alpha value is -3.57. The minimum Gasteiger partial charge on any atom is -0.401 e. The van der Waals surface area contributed by atoms with Crippen molar-refractivity contribution in [2.24, 2.45) is 5.73 Å². The molecule has 0 amide bonds. The van der Waals surface area contributed by atoms with Crippen molar-refractivity contribution in [3.63, 3.8) is 0 Å². The molecule has 0 fully saturated rings. The highest BCUT2D eigenvalue weighted by Gasteiger charge is 2.12. The molecule has 0 radical (unpaired) electrons. The molecule has 2 nitrogen and oxygen atoms in total. The topological polar surface area (TPSA) is 49.8 Å². The SMILES string of the molecule is N#CC(=C(\N)Cc1ccccc1)/C(=C/c1ccccc1)c1ccccc1. The molecule has 0 aliphatic heterocycles. The van der Waals surface area contributed by atoms with Gasteiger partial charge < -0.3 is 5.73 Å². The zero-order chi connectivity index (χ0) is 18.2. The third kappa shape index (κ3) is 4.28. The molecule has 0 aromatic heterocycles. The summed E-state index contributed by atoms with van der Waals surface area (Å²) in [5.41, 5.74) is 11.4. The highest BCUT2D eigenvalue weighted by molar-refractivity contribution is 5.94. The summed E-state index contributed by atoms with van der Waals surface area (Å²) in [6.07, 6.45) is 2.56. The first-order valence-electron chi connectivity index (χ1n) is 8.53. The molecule has 0 saturated heterocycles. The first kappa shape index (κ1) is 17.3. The van der Waals surface area contributed by atoms with Gasteiger partial charge in [-0.15, -0.1) is 0 Å². The molecule has 0 saturated carbocycles. The number of hydrogen-bond acceptors (Lipinski definition) is 2. The first-order valence-corrected chi connectivity index (χ1v) is 8.53. The van der Waals surface area contributed by atoms with E-state index in [0.29, 0.717) is 17.7 Å². The lowest BCUT2D eigenvalue weighted by atomic mass is 9.93. The van der Waals surface area contributed by atoms with Crippen molar-refractivity contribution in [1.82, 2.24) is 0 Å². The van der Waals surface area contributed by atoms with Crippen LogP contribution in [0.15, 0.2) is 102 Å². The van der Waals surface area contributed by atoms with E-state index in [2.05, 4.69) is 6.07 Å². The van der Waals surface area contributed by atoms with Gasteiger partial charge in [-0.1, -0.05) is 91.0 Å². The second kappa shape index (κ2) is 8.50. The zero-order valence-corrected chi connectivity index (χ0v) is 14.5. The Bertz CT molecular complexity index is 947. The van der Waals surface area contributed by atoms with Gasteiger partial charge in [0.25, 0.3) is 0 Å². The summed E-state index contributed by atoms with van der Waals surface area (Å²) in [4.78, 5) is 0. The molecule has 3 aromatic carbocycles. The summed E-state index contributed by atoms with van der Waals surface area (Å²) in [5, 5.41) is 9.86. The molecule has 126 valence electrons. The van der Waals surface area contributed by atoms with Gasteiger partial charge in [-0.25, -0.2) is 0 Å². The number of hydrogen-bond donors (Lipinski definition) is 1. The van der Waals surface area contributed by atoms with E-state index < -0.39 is 0 Å². The minimum atomic E-state index is 0.518. The van der Waals surface area contributed by atoms with Crippen molar-refractivity contribution in [2.45, 2.75) is 6.42 Å². The average molecular weight is 336 g/mol. The third-order valence-electron chi connectivity index (χ3n) is 4.14. The van der Waals surface area contributed by atoms with E-state index in [1.165, 1.54) is 0 Å². The quantitative estimate of drug-likeness (QED) is 0.395. The van der Waals surface area contributed by atoms with Gasteiger partial charge in [-0.05, 0) is 22.8 Å². The van der Waals surface area contributed by atoms with Crippen LogP contribution in [0.5, 0.6) is 0 Å². The van der Waals surface area contributed by atoms with Gasteiger partial charge in [0.2, 0.25) is 0 Å². The van der Waals surface area contributed by atoms with Gasteiger partial charge in [0.15, 0.2) is 0 Å². The second-order valence-electron chi connectivity index (χ2n) is 6.01. The molecule has 0 aliphatic carbocycles. The molecule has 3 aromatic rings. The van der Waals surface area contributed by atoms with E-state index in [9.17, 15) is 5.26 Å². The van der Waals surface area contributed by atoms with E-state index in [1.807, 2.05) is 97.1 Å². The van der Waals surface area contributed by atoms with Crippen LogP contribution < -0.4 is 5.73 Å². The van der Waals surface area contributed by atoms with Crippen LogP contribution >= 0.6 is 0 Å².